The molecule has 23 heavy (non-hydrogen) atoms. The van der Waals surface area contributed by atoms with Crippen molar-refractivity contribution in [3.63, 3.8) is 0 Å². The van der Waals surface area contributed by atoms with Gasteiger partial charge in [0.05, 0.1) is 25.5 Å². The molecule has 0 radical (unpaired) electrons. The molecule has 0 amide bonds. The van der Waals surface area contributed by atoms with Crippen LogP contribution in [0.15, 0.2) is 6.07 Å². The number of nitrogens with zero attached hydrogens (tertiary/aromatic N) is 3. The zero-order valence-electron chi connectivity index (χ0n) is 14.0. The van der Waals surface area contributed by atoms with E-state index in [0.29, 0.717) is 31.3 Å². The average Bonchev–Trinajstić information content (AvgIpc) is 2.74. The SMILES string of the molecule is CCOP(=S)(OCC)Oc1cc(COC)c2c(C)nn(C)c2n1. The Bertz CT molecular complexity index is 724. The first-order chi connectivity index (χ1) is 10.9. The van der Waals surface area contributed by atoms with Crippen molar-refractivity contribution in [3.05, 3.63) is 17.3 Å². The van der Waals surface area contributed by atoms with Gasteiger partial charge >= 0.3 is 6.72 Å². The quantitative estimate of drug-likeness (QED) is 0.671. The van der Waals surface area contributed by atoms with Crippen molar-refractivity contribution in [3.8, 4) is 5.88 Å². The predicted molar refractivity (Wildman–Crippen MR) is 92.1 cm³/mol. The van der Waals surface area contributed by atoms with Crippen LogP contribution in [0.5, 0.6) is 5.88 Å². The smallest absolute Gasteiger partial charge is 0.381 e. The molecule has 0 spiro atoms. The minimum atomic E-state index is -2.87. The molecule has 2 heterocycles. The summed E-state index contributed by atoms with van der Waals surface area (Å²) in [6.45, 7) is 4.02. The van der Waals surface area contributed by atoms with Crippen LogP contribution in [0.25, 0.3) is 11.0 Å². The van der Waals surface area contributed by atoms with Gasteiger partial charge in [-0.25, -0.2) is 0 Å². The Balaban J connectivity index is 2.48. The van der Waals surface area contributed by atoms with Crippen molar-refractivity contribution in [2.75, 3.05) is 20.3 Å². The van der Waals surface area contributed by atoms with Gasteiger partial charge in [-0.3, -0.25) is 13.7 Å². The maximum Gasteiger partial charge on any atom is 0.381 e. The Morgan fingerprint density at radius 3 is 2.48 bits per heavy atom. The normalized spacial score (nSPS) is 12.0. The van der Waals surface area contributed by atoms with Gasteiger partial charge in [-0.05, 0) is 26.3 Å². The van der Waals surface area contributed by atoms with Crippen LogP contribution in [0.4, 0.5) is 0 Å². The second-order valence-electron chi connectivity index (χ2n) is 4.83. The molecule has 0 atom stereocenters. The third kappa shape index (κ3) is 4.08. The Morgan fingerprint density at radius 1 is 1.26 bits per heavy atom. The topological polar surface area (TPSA) is 67.6 Å². The van der Waals surface area contributed by atoms with Crippen LogP contribution in [0.1, 0.15) is 25.1 Å². The van der Waals surface area contributed by atoms with Crippen LogP contribution < -0.4 is 4.52 Å². The molecule has 9 heteroatoms. The van der Waals surface area contributed by atoms with Crippen molar-refractivity contribution in [2.24, 2.45) is 7.05 Å². The lowest BCUT2D eigenvalue weighted by Crippen LogP contribution is -2.04. The van der Waals surface area contributed by atoms with E-state index in [1.807, 2.05) is 27.8 Å². The zero-order chi connectivity index (χ0) is 17.0. The summed E-state index contributed by atoms with van der Waals surface area (Å²) in [6, 6.07) is 1.81. The molecule has 0 aliphatic rings. The fraction of sp³-hybridized carbons (Fsp3) is 0.571. The van der Waals surface area contributed by atoms with E-state index < -0.39 is 6.72 Å². The highest BCUT2D eigenvalue weighted by Gasteiger charge is 2.23. The van der Waals surface area contributed by atoms with Crippen LogP contribution in [0.2, 0.25) is 0 Å². The lowest BCUT2D eigenvalue weighted by Gasteiger charge is -2.20. The van der Waals surface area contributed by atoms with Crippen LogP contribution in [0, 0.1) is 6.92 Å². The van der Waals surface area contributed by atoms with E-state index in [9.17, 15) is 0 Å². The number of aromatic nitrogens is 3. The number of aryl methyl sites for hydroxylation is 2. The maximum atomic E-state index is 5.82. The molecule has 0 bridgehead atoms. The number of hydrogen-bond acceptors (Lipinski definition) is 7. The van der Waals surface area contributed by atoms with E-state index in [-0.39, 0.29) is 0 Å². The summed E-state index contributed by atoms with van der Waals surface area (Å²) in [4.78, 5) is 4.51. The highest BCUT2D eigenvalue weighted by atomic mass is 32.5. The first kappa shape index (κ1) is 18.3. The second kappa shape index (κ2) is 7.68. The van der Waals surface area contributed by atoms with E-state index in [4.69, 9.17) is 30.1 Å². The lowest BCUT2D eigenvalue weighted by atomic mass is 10.1. The van der Waals surface area contributed by atoms with E-state index in [0.717, 1.165) is 16.6 Å². The summed E-state index contributed by atoms with van der Waals surface area (Å²) in [5.74, 6) is 0.359. The van der Waals surface area contributed by atoms with Gasteiger partial charge in [-0.1, -0.05) is 0 Å². The standard InChI is InChI=1S/C14H22N3O4PS/c1-6-19-22(23,20-7-2)21-12-8-11(9-18-5)13-10(3)16-17(4)14(13)15-12/h8H,6-7,9H2,1-5H3. The van der Waals surface area contributed by atoms with Crippen molar-refractivity contribution in [1.29, 1.82) is 0 Å². The Kier molecular flexibility index (Phi) is 6.11. The molecule has 0 aliphatic carbocycles. The molecule has 0 saturated carbocycles. The van der Waals surface area contributed by atoms with E-state index in [2.05, 4.69) is 10.1 Å². The summed E-state index contributed by atoms with van der Waals surface area (Å²) in [5.41, 5.74) is 2.54. The monoisotopic (exact) mass is 359 g/mol. The molecule has 2 aromatic rings. The molecule has 2 aromatic heterocycles. The number of methoxy groups -OCH3 is 1. The Hall–Kier alpha value is -1.05. The van der Waals surface area contributed by atoms with Gasteiger partial charge in [-0.2, -0.15) is 10.1 Å². The van der Waals surface area contributed by atoms with Gasteiger partial charge in [0.2, 0.25) is 5.88 Å². The van der Waals surface area contributed by atoms with Crippen molar-refractivity contribution in [2.45, 2.75) is 27.4 Å². The van der Waals surface area contributed by atoms with Gasteiger partial charge < -0.3 is 9.26 Å². The number of pyridine rings is 1. The molecular formula is C14H22N3O4PS. The molecule has 0 fully saturated rings. The van der Waals surface area contributed by atoms with Crippen molar-refractivity contribution in [1.82, 2.24) is 14.8 Å². The summed E-state index contributed by atoms with van der Waals surface area (Å²) in [6.07, 6.45) is 0. The molecule has 0 saturated heterocycles. The van der Waals surface area contributed by atoms with Crippen LogP contribution in [0.3, 0.4) is 0 Å². The summed E-state index contributed by atoms with van der Waals surface area (Å²) in [7, 11) is 3.48. The summed E-state index contributed by atoms with van der Waals surface area (Å²) in [5, 5.41) is 5.37. The number of fused-ring (bicyclic) bond motifs is 1. The van der Waals surface area contributed by atoms with Gasteiger partial charge in [-0.15, -0.1) is 0 Å². The fourth-order valence-corrected chi connectivity index (χ4v) is 4.34. The number of ether oxygens (including phenoxy) is 1. The second-order valence-corrected chi connectivity index (χ2v) is 7.77. The van der Waals surface area contributed by atoms with Crippen LogP contribution in [-0.2, 0) is 39.2 Å². The summed E-state index contributed by atoms with van der Waals surface area (Å²) >= 11 is 5.40. The van der Waals surface area contributed by atoms with E-state index >= 15 is 0 Å². The molecule has 7 nitrogen and oxygen atoms in total. The van der Waals surface area contributed by atoms with Crippen molar-refractivity contribution >= 4 is 29.6 Å². The van der Waals surface area contributed by atoms with E-state index in [1.165, 1.54) is 0 Å². The first-order valence-corrected chi connectivity index (χ1v) is 9.90. The molecule has 0 aromatic carbocycles. The zero-order valence-corrected chi connectivity index (χ0v) is 15.7. The van der Waals surface area contributed by atoms with Crippen LogP contribution in [-0.4, -0.2) is 35.1 Å². The molecule has 0 N–H and O–H groups in total. The highest BCUT2D eigenvalue weighted by Crippen LogP contribution is 2.49. The largest absolute Gasteiger partial charge is 0.406 e. The minimum absolute atomic E-state index is 0.359. The lowest BCUT2D eigenvalue weighted by molar-refractivity contribution is 0.185. The van der Waals surface area contributed by atoms with Gasteiger partial charge in [0.15, 0.2) is 5.65 Å². The van der Waals surface area contributed by atoms with Crippen LogP contribution >= 0.6 is 6.72 Å². The fourth-order valence-electron chi connectivity index (χ4n) is 2.34. The molecule has 2 rings (SSSR count). The Labute approximate surface area is 141 Å². The maximum absolute atomic E-state index is 5.82. The van der Waals surface area contributed by atoms with Gasteiger partial charge in [0.1, 0.15) is 0 Å². The molecule has 128 valence electrons. The highest BCUT2D eigenvalue weighted by molar-refractivity contribution is 8.07. The minimum Gasteiger partial charge on any atom is -0.406 e. The third-order valence-electron chi connectivity index (χ3n) is 3.11. The third-order valence-corrected chi connectivity index (χ3v) is 5.52. The molecular weight excluding hydrogens is 337 g/mol. The average molecular weight is 359 g/mol. The van der Waals surface area contributed by atoms with Gasteiger partial charge in [0.25, 0.3) is 0 Å². The Morgan fingerprint density at radius 2 is 1.91 bits per heavy atom. The predicted octanol–water partition coefficient (Wildman–Crippen LogP) is 3.10. The molecule has 0 aliphatic heterocycles. The van der Waals surface area contributed by atoms with Gasteiger partial charge in [0, 0.05) is 37.4 Å². The van der Waals surface area contributed by atoms with Crippen molar-refractivity contribution < 1.29 is 18.3 Å². The van der Waals surface area contributed by atoms with E-state index in [1.54, 1.807) is 17.9 Å². The summed E-state index contributed by atoms with van der Waals surface area (Å²) < 4.78 is 23.8. The molecule has 0 unspecified atom stereocenters. The number of rotatable bonds is 8. The first-order valence-electron chi connectivity index (χ1n) is 7.35. The number of hydrogen-bond donors (Lipinski definition) is 0.